The highest BCUT2D eigenvalue weighted by molar-refractivity contribution is 5.53. The molecular formula is C25H21N3O2. The van der Waals surface area contributed by atoms with Crippen LogP contribution >= 0.6 is 0 Å². The summed E-state index contributed by atoms with van der Waals surface area (Å²) in [5.41, 5.74) is 5.30. The number of hydrogen-bond acceptors (Lipinski definition) is 4. The van der Waals surface area contributed by atoms with Gasteiger partial charge in [-0.3, -0.25) is 9.38 Å². The van der Waals surface area contributed by atoms with Gasteiger partial charge in [-0.25, -0.2) is 4.98 Å². The SMILES string of the molecule is Oc1c(Cc2ccco2)nc2c(Cc3ccccc3)ncc(Cc3ccccc3)n12. The van der Waals surface area contributed by atoms with Crippen LogP contribution in [0.2, 0.25) is 0 Å². The molecule has 5 aromatic rings. The normalized spacial score (nSPS) is 11.2. The maximum absolute atomic E-state index is 11.1. The van der Waals surface area contributed by atoms with Gasteiger partial charge in [-0.15, -0.1) is 0 Å². The van der Waals surface area contributed by atoms with Crippen molar-refractivity contribution in [3.63, 3.8) is 0 Å². The highest BCUT2D eigenvalue weighted by Gasteiger charge is 2.19. The molecule has 0 saturated carbocycles. The standard InChI is InChI=1S/C25H21N3O2/c29-25-23(16-21-12-7-13-30-21)27-24-22(15-19-10-5-2-6-11-19)26-17-20(28(24)25)14-18-8-3-1-4-9-18/h1-13,17,29H,14-16H2. The van der Waals surface area contributed by atoms with Gasteiger partial charge < -0.3 is 9.52 Å². The summed E-state index contributed by atoms with van der Waals surface area (Å²) in [7, 11) is 0. The van der Waals surface area contributed by atoms with Gasteiger partial charge in [0, 0.05) is 19.0 Å². The average Bonchev–Trinajstić information content (AvgIpc) is 3.40. The molecule has 0 atom stereocenters. The topological polar surface area (TPSA) is 63.6 Å². The molecule has 3 aromatic heterocycles. The lowest BCUT2D eigenvalue weighted by Crippen LogP contribution is -2.04. The van der Waals surface area contributed by atoms with E-state index >= 15 is 0 Å². The fraction of sp³-hybridized carbons (Fsp3) is 0.120. The fourth-order valence-corrected chi connectivity index (χ4v) is 3.73. The van der Waals surface area contributed by atoms with Gasteiger partial charge in [-0.05, 0) is 23.3 Å². The molecule has 0 amide bonds. The minimum atomic E-state index is 0.143. The van der Waals surface area contributed by atoms with Crippen LogP contribution in [0.3, 0.4) is 0 Å². The summed E-state index contributed by atoms with van der Waals surface area (Å²) in [6, 6.07) is 24.1. The van der Waals surface area contributed by atoms with E-state index in [0.717, 1.165) is 28.3 Å². The molecule has 0 unspecified atom stereocenters. The molecule has 3 heterocycles. The van der Waals surface area contributed by atoms with E-state index in [0.29, 0.717) is 30.6 Å². The quantitative estimate of drug-likeness (QED) is 0.449. The van der Waals surface area contributed by atoms with Crippen LogP contribution in [-0.4, -0.2) is 19.5 Å². The van der Waals surface area contributed by atoms with Crippen molar-refractivity contribution in [2.45, 2.75) is 19.3 Å². The van der Waals surface area contributed by atoms with Gasteiger partial charge in [0.1, 0.15) is 11.5 Å². The number of fused-ring (bicyclic) bond motifs is 1. The van der Waals surface area contributed by atoms with E-state index in [4.69, 9.17) is 14.4 Å². The Morgan fingerprint density at radius 1 is 0.767 bits per heavy atom. The Balaban J connectivity index is 1.61. The maximum atomic E-state index is 11.1. The summed E-state index contributed by atoms with van der Waals surface area (Å²) in [6.07, 6.45) is 5.20. The van der Waals surface area contributed by atoms with Crippen molar-refractivity contribution < 1.29 is 9.52 Å². The third-order valence-electron chi connectivity index (χ3n) is 5.20. The molecule has 5 nitrogen and oxygen atoms in total. The van der Waals surface area contributed by atoms with E-state index in [1.54, 1.807) is 6.26 Å². The lowest BCUT2D eigenvalue weighted by atomic mass is 10.1. The molecule has 1 N–H and O–H groups in total. The van der Waals surface area contributed by atoms with Crippen molar-refractivity contribution in [2.24, 2.45) is 0 Å². The van der Waals surface area contributed by atoms with E-state index in [9.17, 15) is 5.11 Å². The highest BCUT2D eigenvalue weighted by Crippen LogP contribution is 2.27. The predicted octanol–water partition coefficient (Wildman–Crippen LogP) is 4.80. The minimum Gasteiger partial charge on any atom is -0.493 e. The van der Waals surface area contributed by atoms with Gasteiger partial charge >= 0.3 is 0 Å². The Hall–Kier alpha value is -3.86. The summed E-state index contributed by atoms with van der Waals surface area (Å²) in [5.74, 6) is 0.903. The second-order valence-corrected chi connectivity index (χ2v) is 7.32. The molecule has 0 bridgehead atoms. The average molecular weight is 395 g/mol. The van der Waals surface area contributed by atoms with Crippen LogP contribution < -0.4 is 0 Å². The Bertz CT molecular complexity index is 1260. The van der Waals surface area contributed by atoms with E-state index < -0.39 is 0 Å². The van der Waals surface area contributed by atoms with Crippen LogP contribution in [0.4, 0.5) is 0 Å². The number of imidazole rings is 1. The first kappa shape index (κ1) is 18.2. The Morgan fingerprint density at radius 3 is 2.13 bits per heavy atom. The van der Waals surface area contributed by atoms with Crippen molar-refractivity contribution >= 4 is 5.65 Å². The highest BCUT2D eigenvalue weighted by atomic mass is 16.3. The van der Waals surface area contributed by atoms with Crippen molar-refractivity contribution in [3.8, 4) is 5.88 Å². The predicted molar refractivity (Wildman–Crippen MR) is 115 cm³/mol. The summed E-state index contributed by atoms with van der Waals surface area (Å²) >= 11 is 0. The number of benzene rings is 2. The largest absolute Gasteiger partial charge is 0.493 e. The molecule has 5 rings (SSSR count). The zero-order chi connectivity index (χ0) is 20.3. The number of aromatic hydroxyl groups is 1. The second kappa shape index (κ2) is 7.87. The molecule has 0 aliphatic rings. The van der Waals surface area contributed by atoms with Crippen LogP contribution in [0.5, 0.6) is 5.88 Å². The van der Waals surface area contributed by atoms with Crippen LogP contribution in [0.1, 0.15) is 34.0 Å². The monoisotopic (exact) mass is 395 g/mol. The fourth-order valence-electron chi connectivity index (χ4n) is 3.73. The molecule has 2 aromatic carbocycles. The van der Waals surface area contributed by atoms with E-state index in [1.807, 2.05) is 59.1 Å². The zero-order valence-electron chi connectivity index (χ0n) is 16.4. The molecule has 148 valence electrons. The summed E-state index contributed by atoms with van der Waals surface area (Å²) in [6.45, 7) is 0. The number of rotatable bonds is 6. The zero-order valence-corrected chi connectivity index (χ0v) is 16.4. The van der Waals surface area contributed by atoms with Crippen molar-refractivity contribution in [2.75, 3.05) is 0 Å². The van der Waals surface area contributed by atoms with E-state index in [1.165, 1.54) is 0 Å². The lowest BCUT2D eigenvalue weighted by molar-refractivity contribution is 0.436. The Kier molecular flexibility index (Phi) is 4.77. The molecule has 0 aliphatic heterocycles. The van der Waals surface area contributed by atoms with E-state index in [-0.39, 0.29) is 5.88 Å². The summed E-state index contributed by atoms with van der Waals surface area (Å²) < 4.78 is 7.29. The third kappa shape index (κ3) is 3.57. The van der Waals surface area contributed by atoms with Crippen molar-refractivity contribution in [1.29, 1.82) is 0 Å². The lowest BCUT2D eigenvalue weighted by Gasteiger charge is -2.10. The van der Waals surface area contributed by atoms with Gasteiger partial charge in [0.25, 0.3) is 0 Å². The smallest absolute Gasteiger partial charge is 0.220 e. The number of aromatic nitrogens is 3. The molecule has 0 radical (unpaired) electrons. The van der Waals surface area contributed by atoms with Gasteiger partial charge in [0.2, 0.25) is 5.88 Å². The van der Waals surface area contributed by atoms with Crippen LogP contribution in [0.25, 0.3) is 5.65 Å². The van der Waals surface area contributed by atoms with Crippen molar-refractivity contribution in [3.05, 3.63) is 119 Å². The first-order valence-electron chi connectivity index (χ1n) is 9.95. The Morgan fingerprint density at radius 2 is 1.47 bits per heavy atom. The van der Waals surface area contributed by atoms with Crippen LogP contribution in [0.15, 0.2) is 89.7 Å². The second-order valence-electron chi connectivity index (χ2n) is 7.32. The molecule has 30 heavy (non-hydrogen) atoms. The molecule has 5 heteroatoms. The first-order chi connectivity index (χ1) is 14.8. The van der Waals surface area contributed by atoms with Crippen LogP contribution in [0, 0.1) is 0 Å². The molecular weight excluding hydrogens is 374 g/mol. The summed E-state index contributed by atoms with van der Waals surface area (Å²) in [5, 5.41) is 11.1. The molecule has 0 saturated heterocycles. The van der Waals surface area contributed by atoms with Gasteiger partial charge in [-0.2, -0.15) is 0 Å². The molecule has 0 spiro atoms. The third-order valence-corrected chi connectivity index (χ3v) is 5.20. The number of hydrogen-bond donors (Lipinski definition) is 1. The van der Waals surface area contributed by atoms with Crippen molar-refractivity contribution in [1.82, 2.24) is 14.4 Å². The summed E-state index contributed by atoms with van der Waals surface area (Å²) in [4.78, 5) is 9.51. The Labute approximate surface area is 174 Å². The van der Waals surface area contributed by atoms with Gasteiger partial charge in [0.15, 0.2) is 5.65 Å². The van der Waals surface area contributed by atoms with Gasteiger partial charge in [-0.1, -0.05) is 60.7 Å². The van der Waals surface area contributed by atoms with Crippen LogP contribution in [-0.2, 0) is 19.3 Å². The maximum Gasteiger partial charge on any atom is 0.220 e. The first-order valence-corrected chi connectivity index (χ1v) is 9.95. The van der Waals surface area contributed by atoms with Gasteiger partial charge in [0.05, 0.1) is 24.1 Å². The molecule has 0 fully saturated rings. The number of furan rings is 1. The number of nitrogens with zero attached hydrogens (tertiary/aromatic N) is 3. The van der Waals surface area contributed by atoms with E-state index in [2.05, 4.69) is 24.3 Å². The minimum absolute atomic E-state index is 0.143. The molecule has 0 aliphatic carbocycles.